The van der Waals surface area contributed by atoms with Crippen LogP contribution in [0.4, 0.5) is 4.39 Å². The van der Waals surface area contributed by atoms with Crippen molar-refractivity contribution in [2.75, 3.05) is 13.6 Å². The quantitative estimate of drug-likeness (QED) is 0.450. The zero-order valence-corrected chi connectivity index (χ0v) is 16.0. The lowest BCUT2D eigenvalue weighted by atomic mass is 10.2. The SMILES string of the molecule is CCNC(=NCc1ccnn1C)N(C)Cc1ccc(F)cc1.I. The van der Waals surface area contributed by atoms with E-state index in [2.05, 4.69) is 15.4 Å². The lowest BCUT2D eigenvalue weighted by molar-refractivity contribution is 0.475. The summed E-state index contributed by atoms with van der Waals surface area (Å²) in [5.74, 6) is 0.594. The van der Waals surface area contributed by atoms with Gasteiger partial charge >= 0.3 is 0 Å². The van der Waals surface area contributed by atoms with Crippen molar-refractivity contribution in [2.45, 2.75) is 20.0 Å². The van der Waals surface area contributed by atoms with Crippen molar-refractivity contribution >= 4 is 29.9 Å². The Hall–Kier alpha value is -1.64. The van der Waals surface area contributed by atoms with E-state index in [0.717, 1.165) is 23.8 Å². The number of rotatable bonds is 5. The van der Waals surface area contributed by atoms with Gasteiger partial charge < -0.3 is 10.2 Å². The highest BCUT2D eigenvalue weighted by molar-refractivity contribution is 14.0. The maximum absolute atomic E-state index is 13.0. The molecule has 0 saturated heterocycles. The molecule has 0 bridgehead atoms. The Kier molecular flexibility index (Phi) is 8.01. The summed E-state index contributed by atoms with van der Waals surface area (Å²) in [5.41, 5.74) is 2.08. The molecular weight excluding hydrogens is 408 g/mol. The van der Waals surface area contributed by atoms with E-state index in [-0.39, 0.29) is 29.8 Å². The number of benzene rings is 1. The number of halogens is 2. The molecule has 0 fully saturated rings. The summed E-state index contributed by atoms with van der Waals surface area (Å²) in [6.07, 6.45) is 1.76. The van der Waals surface area contributed by atoms with Crippen molar-refractivity contribution < 1.29 is 4.39 Å². The summed E-state index contributed by atoms with van der Waals surface area (Å²) in [6, 6.07) is 8.48. The smallest absolute Gasteiger partial charge is 0.194 e. The number of nitrogens with zero attached hydrogens (tertiary/aromatic N) is 4. The van der Waals surface area contributed by atoms with Crippen LogP contribution in [0.3, 0.4) is 0 Å². The van der Waals surface area contributed by atoms with Crippen LogP contribution in [-0.2, 0) is 20.1 Å². The zero-order chi connectivity index (χ0) is 15.9. The lowest BCUT2D eigenvalue weighted by Gasteiger charge is -2.22. The molecular formula is C16H23FIN5. The van der Waals surface area contributed by atoms with E-state index < -0.39 is 0 Å². The molecule has 0 unspecified atom stereocenters. The molecule has 1 aromatic heterocycles. The molecule has 23 heavy (non-hydrogen) atoms. The van der Waals surface area contributed by atoms with Crippen molar-refractivity contribution in [3.8, 4) is 0 Å². The Balaban J connectivity index is 0.00000264. The Morgan fingerprint density at radius 1 is 1.30 bits per heavy atom. The van der Waals surface area contributed by atoms with Gasteiger partial charge in [0, 0.05) is 33.4 Å². The van der Waals surface area contributed by atoms with Gasteiger partial charge in [-0.2, -0.15) is 5.10 Å². The Morgan fingerprint density at radius 2 is 2.00 bits per heavy atom. The van der Waals surface area contributed by atoms with Gasteiger partial charge in [0.25, 0.3) is 0 Å². The fourth-order valence-corrected chi connectivity index (χ4v) is 2.12. The third-order valence-electron chi connectivity index (χ3n) is 3.34. The first-order valence-electron chi connectivity index (χ1n) is 7.31. The molecule has 2 aromatic rings. The number of hydrogen-bond acceptors (Lipinski definition) is 2. The molecule has 7 heteroatoms. The number of aromatic nitrogens is 2. The molecule has 0 amide bonds. The van der Waals surface area contributed by atoms with E-state index in [1.54, 1.807) is 18.3 Å². The summed E-state index contributed by atoms with van der Waals surface area (Å²) in [5, 5.41) is 7.41. The molecule has 0 saturated carbocycles. The van der Waals surface area contributed by atoms with Gasteiger partial charge in [0.2, 0.25) is 0 Å². The fraction of sp³-hybridized carbons (Fsp3) is 0.375. The minimum Gasteiger partial charge on any atom is -0.357 e. The van der Waals surface area contributed by atoms with Gasteiger partial charge in [0.05, 0.1) is 12.2 Å². The standard InChI is InChI=1S/C16H22FN5.HI/c1-4-18-16(19-11-15-9-10-20-22(15)3)21(2)12-13-5-7-14(17)8-6-13;/h5-10H,4,11-12H2,1-3H3,(H,18,19);1H. The maximum Gasteiger partial charge on any atom is 0.194 e. The largest absolute Gasteiger partial charge is 0.357 e. The molecule has 126 valence electrons. The topological polar surface area (TPSA) is 45.5 Å². The van der Waals surface area contributed by atoms with Crippen LogP contribution < -0.4 is 5.32 Å². The summed E-state index contributed by atoms with van der Waals surface area (Å²) >= 11 is 0. The molecule has 0 atom stereocenters. The van der Waals surface area contributed by atoms with Gasteiger partial charge in [-0.15, -0.1) is 24.0 Å². The van der Waals surface area contributed by atoms with Gasteiger partial charge in [-0.05, 0) is 30.7 Å². The normalized spacial score (nSPS) is 11.0. The van der Waals surface area contributed by atoms with E-state index >= 15 is 0 Å². The molecule has 5 nitrogen and oxygen atoms in total. The van der Waals surface area contributed by atoms with Crippen molar-refractivity contribution in [1.29, 1.82) is 0 Å². The number of hydrogen-bond donors (Lipinski definition) is 1. The van der Waals surface area contributed by atoms with Crippen LogP contribution in [0.1, 0.15) is 18.2 Å². The molecule has 1 N–H and O–H groups in total. The second-order valence-corrected chi connectivity index (χ2v) is 5.10. The third-order valence-corrected chi connectivity index (χ3v) is 3.34. The van der Waals surface area contributed by atoms with Crippen LogP contribution in [0.2, 0.25) is 0 Å². The van der Waals surface area contributed by atoms with Crippen LogP contribution in [-0.4, -0.2) is 34.2 Å². The Labute approximate surface area is 153 Å². The monoisotopic (exact) mass is 431 g/mol. The zero-order valence-electron chi connectivity index (χ0n) is 13.7. The minimum atomic E-state index is -0.219. The molecule has 0 radical (unpaired) electrons. The molecule has 0 aliphatic rings. The van der Waals surface area contributed by atoms with Crippen LogP contribution in [0.5, 0.6) is 0 Å². The van der Waals surface area contributed by atoms with Gasteiger partial charge in [-0.25, -0.2) is 9.38 Å². The van der Waals surface area contributed by atoms with Crippen molar-refractivity contribution in [3.63, 3.8) is 0 Å². The van der Waals surface area contributed by atoms with E-state index in [4.69, 9.17) is 0 Å². The maximum atomic E-state index is 13.0. The predicted octanol–water partition coefficient (Wildman–Crippen LogP) is 2.77. The summed E-state index contributed by atoms with van der Waals surface area (Å²) in [4.78, 5) is 6.65. The summed E-state index contributed by atoms with van der Waals surface area (Å²) < 4.78 is 14.8. The second kappa shape index (κ2) is 9.49. The molecule has 0 spiro atoms. The molecule has 1 heterocycles. The van der Waals surface area contributed by atoms with Crippen LogP contribution in [0, 0.1) is 5.82 Å². The molecule has 2 rings (SSSR count). The van der Waals surface area contributed by atoms with Gasteiger partial charge in [-0.3, -0.25) is 4.68 Å². The van der Waals surface area contributed by atoms with Crippen LogP contribution in [0.25, 0.3) is 0 Å². The number of nitrogens with one attached hydrogen (secondary N) is 1. The number of guanidine groups is 1. The van der Waals surface area contributed by atoms with Gasteiger partial charge in [0.15, 0.2) is 5.96 Å². The number of aryl methyl sites for hydroxylation is 1. The van der Waals surface area contributed by atoms with Crippen molar-refractivity contribution in [3.05, 3.63) is 53.6 Å². The predicted molar refractivity (Wildman–Crippen MR) is 101 cm³/mol. The van der Waals surface area contributed by atoms with E-state index in [0.29, 0.717) is 13.1 Å². The molecule has 0 aliphatic heterocycles. The lowest BCUT2D eigenvalue weighted by Crippen LogP contribution is -2.38. The Bertz CT molecular complexity index is 624. The van der Waals surface area contributed by atoms with Gasteiger partial charge in [0.1, 0.15) is 5.82 Å². The highest BCUT2D eigenvalue weighted by Gasteiger charge is 2.07. The van der Waals surface area contributed by atoms with Gasteiger partial charge in [-0.1, -0.05) is 12.1 Å². The average molecular weight is 431 g/mol. The molecule has 0 aliphatic carbocycles. The number of aliphatic imine (C=N–C) groups is 1. The second-order valence-electron chi connectivity index (χ2n) is 5.10. The highest BCUT2D eigenvalue weighted by Crippen LogP contribution is 2.06. The average Bonchev–Trinajstić information content (AvgIpc) is 2.91. The fourth-order valence-electron chi connectivity index (χ4n) is 2.12. The molecule has 1 aromatic carbocycles. The first-order valence-corrected chi connectivity index (χ1v) is 7.31. The first kappa shape index (κ1) is 19.4. The van der Waals surface area contributed by atoms with E-state index in [9.17, 15) is 4.39 Å². The summed E-state index contributed by atoms with van der Waals surface area (Å²) in [6.45, 7) is 4.05. The van der Waals surface area contributed by atoms with E-state index in [1.165, 1.54) is 12.1 Å². The highest BCUT2D eigenvalue weighted by atomic mass is 127. The minimum absolute atomic E-state index is 0. The summed E-state index contributed by atoms with van der Waals surface area (Å²) in [7, 11) is 3.87. The third kappa shape index (κ3) is 5.81. The van der Waals surface area contributed by atoms with Crippen LogP contribution >= 0.6 is 24.0 Å². The first-order chi connectivity index (χ1) is 10.6. The van der Waals surface area contributed by atoms with Crippen molar-refractivity contribution in [1.82, 2.24) is 20.0 Å². The Morgan fingerprint density at radius 3 is 2.57 bits per heavy atom. The van der Waals surface area contributed by atoms with Crippen LogP contribution in [0.15, 0.2) is 41.5 Å². The van der Waals surface area contributed by atoms with Crippen molar-refractivity contribution in [2.24, 2.45) is 12.0 Å². The van der Waals surface area contributed by atoms with E-state index in [1.807, 2.05) is 36.7 Å².